The third kappa shape index (κ3) is 7.82. The number of para-hydroxylation sites is 1. The van der Waals surface area contributed by atoms with Crippen molar-refractivity contribution in [3.8, 4) is 11.1 Å². The van der Waals surface area contributed by atoms with Gasteiger partial charge in [-0.3, -0.25) is 0 Å². The Labute approximate surface area is 330 Å². The molecule has 2 unspecified atom stereocenters. The first-order valence-electron chi connectivity index (χ1n) is 20.1. The van der Waals surface area contributed by atoms with Gasteiger partial charge in [0, 0.05) is 35.0 Å². The summed E-state index contributed by atoms with van der Waals surface area (Å²) in [4.78, 5) is 4.92. The number of anilines is 3. The Hall–Kier alpha value is -5.60. The Kier molecular flexibility index (Phi) is 11.3. The summed E-state index contributed by atoms with van der Waals surface area (Å²) in [6.07, 6.45) is 14.9. The lowest BCUT2D eigenvalue weighted by molar-refractivity contribution is 0.406. The molecule has 0 aliphatic heterocycles. The molecular weight excluding hydrogens is 665 g/mol. The van der Waals surface area contributed by atoms with Crippen molar-refractivity contribution >= 4 is 22.6 Å². The summed E-state index contributed by atoms with van der Waals surface area (Å²) < 4.78 is 0. The molecule has 2 aliphatic rings. The van der Waals surface area contributed by atoms with Gasteiger partial charge >= 0.3 is 0 Å². The van der Waals surface area contributed by atoms with Crippen molar-refractivity contribution in [2.45, 2.75) is 66.2 Å². The van der Waals surface area contributed by atoms with Crippen LogP contribution in [0.25, 0.3) is 16.7 Å². The summed E-state index contributed by atoms with van der Waals surface area (Å²) in [6.45, 7) is 16.9. The van der Waals surface area contributed by atoms with Crippen molar-refractivity contribution in [3.05, 3.63) is 204 Å². The van der Waals surface area contributed by atoms with Gasteiger partial charge in [0.25, 0.3) is 0 Å². The Morgan fingerprint density at radius 1 is 0.709 bits per heavy atom. The fourth-order valence-electron chi connectivity index (χ4n) is 8.42. The van der Waals surface area contributed by atoms with Crippen molar-refractivity contribution in [1.82, 2.24) is 0 Å². The van der Waals surface area contributed by atoms with Crippen LogP contribution in [0, 0.1) is 11.8 Å². The molecule has 2 atom stereocenters. The largest absolute Gasteiger partial charge is 0.338 e. The van der Waals surface area contributed by atoms with E-state index < -0.39 is 0 Å². The highest BCUT2D eigenvalue weighted by Crippen LogP contribution is 2.54. The van der Waals surface area contributed by atoms with E-state index >= 15 is 0 Å². The van der Waals surface area contributed by atoms with E-state index in [-0.39, 0.29) is 11.3 Å². The zero-order valence-corrected chi connectivity index (χ0v) is 33.7. The zero-order chi connectivity index (χ0) is 38.5. The second-order valence-corrected chi connectivity index (χ2v) is 16.0. The molecule has 2 aliphatic carbocycles. The van der Waals surface area contributed by atoms with Crippen LogP contribution in [0.3, 0.4) is 0 Å². The van der Waals surface area contributed by atoms with E-state index in [0.717, 1.165) is 13.0 Å². The monoisotopic (exact) mass is 720 g/mol. The molecule has 0 aromatic heterocycles. The van der Waals surface area contributed by atoms with Crippen LogP contribution in [0.4, 0.5) is 17.1 Å². The molecule has 2 heteroatoms. The van der Waals surface area contributed by atoms with Gasteiger partial charge in [-0.05, 0) is 131 Å². The molecular formula is C53H56N2. The molecule has 0 N–H and O–H groups in total. The lowest BCUT2D eigenvalue weighted by atomic mass is 9.74. The van der Waals surface area contributed by atoms with Crippen LogP contribution in [0.2, 0.25) is 0 Å². The van der Waals surface area contributed by atoms with Crippen LogP contribution in [0.1, 0.15) is 77.5 Å². The van der Waals surface area contributed by atoms with Crippen molar-refractivity contribution < 1.29 is 0 Å². The summed E-state index contributed by atoms with van der Waals surface area (Å²) in [5.41, 5.74) is 15.8. The van der Waals surface area contributed by atoms with Crippen molar-refractivity contribution in [1.29, 1.82) is 0 Å². The highest BCUT2D eigenvalue weighted by molar-refractivity contribution is 5.81. The molecule has 0 spiro atoms. The van der Waals surface area contributed by atoms with E-state index in [1.165, 1.54) is 67.4 Å². The predicted octanol–water partition coefficient (Wildman–Crippen LogP) is 14.4. The summed E-state index contributed by atoms with van der Waals surface area (Å²) in [5, 5.41) is 0. The number of rotatable bonds is 12. The van der Waals surface area contributed by atoms with E-state index in [1.807, 2.05) is 0 Å². The molecule has 55 heavy (non-hydrogen) atoms. The molecule has 5 aromatic rings. The number of benzene rings is 5. The van der Waals surface area contributed by atoms with Gasteiger partial charge in [-0.25, -0.2) is 0 Å². The van der Waals surface area contributed by atoms with Gasteiger partial charge in [-0.15, -0.1) is 0 Å². The van der Waals surface area contributed by atoms with Crippen molar-refractivity contribution in [3.63, 3.8) is 0 Å². The summed E-state index contributed by atoms with van der Waals surface area (Å²) >= 11 is 0. The number of hydrogen-bond donors (Lipinski definition) is 0. The molecule has 0 saturated carbocycles. The van der Waals surface area contributed by atoms with Gasteiger partial charge < -0.3 is 9.80 Å². The SMILES string of the molecule is C/C=C\C(=C(/C)C(C)C)N(C/C=C\C(C)c1ccc(N(C2=CC=C3c4ccccc4C(C)(C)C3C2)c2ccccc2)cc1)c1ccc(-c2ccccc2)cc1. The Bertz CT molecular complexity index is 2230. The van der Waals surface area contributed by atoms with Gasteiger partial charge in [0.05, 0.1) is 0 Å². The van der Waals surface area contributed by atoms with Gasteiger partial charge in [0.1, 0.15) is 0 Å². The lowest BCUT2D eigenvalue weighted by Crippen LogP contribution is -2.28. The maximum absolute atomic E-state index is 2.46. The Balaban J connectivity index is 1.13. The fourth-order valence-corrected chi connectivity index (χ4v) is 8.42. The van der Waals surface area contributed by atoms with Crippen LogP contribution < -0.4 is 9.80 Å². The van der Waals surface area contributed by atoms with Crippen LogP contribution in [0.5, 0.6) is 0 Å². The minimum Gasteiger partial charge on any atom is -0.338 e. The van der Waals surface area contributed by atoms with E-state index in [2.05, 4.69) is 228 Å². The lowest BCUT2D eigenvalue weighted by Gasteiger charge is -2.36. The summed E-state index contributed by atoms with van der Waals surface area (Å²) in [5.74, 6) is 1.14. The predicted molar refractivity (Wildman–Crippen MR) is 238 cm³/mol. The van der Waals surface area contributed by atoms with Crippen LogP contribution >= 0.6 is 0 Å². The first-order chi connectivity index (χ1) is 26.7. The summed E-state index contributed by atoms with van der Waals surface area (Å²) in [7, 11) is 0. The minimum atomic E-state index is 0.0774. The molecule has 5 aromatic carbocycles. The van der Waals surface area contributed by atoms with Crippen molar-refractivity contribution in [2.75, 3.05) is 16.3 Å². The number of fused-ring (bicyclic) bond motifs is 3. The minimum absolute atomic E-state index is 0.0774. The smallest absolute Gasteiger partial charge is 0.0458 e. The molecule has 0 heterocycles. The normalized spacial score (nSPS) is 17.1. The average molecular weight is 721 g/mol. The fraction of sp³-hybridized carbons (Fsp3) is 0.245. The highest BCUT2D eigenvalue weighted by atomic mass is 15.2. The highest BCUT2D eigenvalue weighted by Gasteiger charge is 2.44. The van der Waals surface area contributed by atoms with E-state index in [0.29, 0.717) is 11.8 Å². The van der Waals surface area contributed by atoms with E-state index in [4.69, 9.17) is 0 Å². The first-order valence-corrected chi connectivity index (χ1v) is 20.1. The van der Waals surface area contributed by atoms with Crippen LogP contribution in [-0.4, -0.2) is 6.54 Å². The van der Waals surface area contributed by atoms with Gasteiger partial charge in [-0.1, -0.05) is 156 Å². The number of nitrogens with zero attached hydrogens (tertiary/aromatic N) is 2. The van der Waals surface area contributed by atoms with Gasteiger partial charge in [0.2, 0.25) is 0 Å². The molecule has 0 radical (unpaired) electrons. The van der Waals surface area contributed by atoms with E-state index in [1.54, 1.807) is 0 Å². The molecule has 278 valence electrons. The summed E-state index contributed by atoms with van der Waals surface area (Å²) in [6, 6.07) is 48.7. The molecule has 0 bridgehead atoms. The third-order valence-electron chi connectivity index (χ3n) is 11.9. The Morgan fingerprint density at radius 3 is 1.98 bits per heavy atom. The van der Waals surface area contributed by atoms with Crippen LogP contribution in [-0.2, 0) is 5.41 Å². The van der Waals surface area contributed by atoms with Crippen molar-refractivity contribution in [2.24, 2.45) is 11.8 Å². The zero-order valence-electron chi connectivity index (χ0n) is 33.7. The molecule has 7 rings (SSSR count). The Morgan fingerprint density at radius 2 is 1.31 bits per heavy atom. The quantitative estimate of drug-likeness (QED) is 0.0935. The standard InChI is InChI=1S/C53H56N2/c1-8-18-52(40(5)38(2)3)54(44-30-28-43(29-31-44)42-20-11-9-12-21-42)36-17-19-39(4)41-26-32-46(33-27-41)55(45-22-13-10-14-23-45)47-34-35-49-48-24-15-16-25-50(48)53(6,7)51(49)37-47/h8-35,38-39,51H,36-37H2,1-7H3/b18-8-,19-17-,52-40-. The topological polar surface area (TPSA) is 6.48 Å². The molecule has 0 fully saturated rings. The van der Waals surface area contributed by atoms with E-state index in [9.17, 15) is 0 Å². The molecule has 2 nitrogen and oxygen atoms in total. The number of allylic oxidation sites excluding steroid dienone is 8. The second-order valence-electron chi connectivity index (χ2n) is 16.0. The van der Waals surface area contributed by atoms with Gasteiger partial charge in [-0.2, -0.15) is 0 Å². The maximum Gasteiger partial charge on any atom is 0.0458 e. The van der Waals surface area contributed by atoms with Crippen LogP contribution in [0.15, 0.2) is 187 Å². The first kappa shape index (κ1) is 37.7. The third-order valence-corrected chi connectivity index (χ3v) is 11.9. The van der Waals surface area contributed by atoms with Gasteiger partial charge in [0.15, 0.2) is 0 Å². The second kappa shape index (κ2) is 16.4. The number of hydrogen-bond acceptors (Lipinski definition) is 2. The molecule has 0 saturated heterocycles. The molecule has 0 amide bonds. The maximum atomic E-state index is 2.46. The average Bonchev–Trinajstić information content (AvgIpc) is 3.45.